The summed E-state index contributed by atoms with van der Waals surface area (Å²) in [5.41, 5.74) is 1.20. The molecule has 5 heteroatoms. The summed E-state index contributed by atoms with van der Waals surface area (Å²) < 4.78 is 1.83. The van der Waals surface area contributed by atoms with Crippen molar-refractivity contribution in [2.45, 2.75) is 40.3 Å². The van der Waals surface area contributed by atoms with Gasteiger partial charge in [-0.05, 0) is 39.9 Å². The lowest BCUT2D eigenvalue weighted by Gasteiger charge is -2.15. The minimum atomic E-state index is 0.116. The van der Waals surface area contributed by atoms with Crippen molar-refractivity contribution in [1.29, 1.82) is 0 Å². The van der Waals surface area contributed by atoms with Gasteiger partial charge in [-0.2, -0.15) is 0 Å². The summed E-state index contributed by atoms with van der Waals surface area (Å²) in [5, 5.41) is 0.804. The van der Waals surface area contributed by atoms with Gasteiger partial charge < -0.3 is 4.90 Å². The van der Waals surface area contributed by atoms with E-state index in [1.807, 2.05) is 30.5 Å². The highest BCUT2D eigenvalue weighted by Gasteiger charge is 2.16. The maximum absolute atomic E-state index is 12.7. The van der Waals surface area contributed by atoms with Crippen molar-refractivity contribution >= 4 is 21.6 Å². The summed E-state index contributed by atoms with van der Waals surface area (Å²) in [6, 6.07) is 0. The van der Waals surface area contributed by atoms with E-state index in [9.17, 15) is 4.79 Å². The van der Waals surface area contributed by atoms with Crippen LogP contribution < -0.4 is 5.56 Å². The molecule has 0 N–H and O–H groups in total. The third-order valence-electron chi connectivity index (χ3n) is 3.27. The second-order valence-electron chi connectivity index (χ2n) is 5.19. The van der Waals surface area contributed by atoms with Crippen LogP contribution in [0, 0.1) is 13.8 Å². The van der Waals surface area contributed by atoms with Gasteiger partial charge in [0.25, 0.3) is 5.56 Å². The predicted molar refractivity (Wildman–Crippen MR) is 81.0 cm³/mol. The van der Waals surface area contributed by atoms with E-state index in [4.69, 9.17) is 4.98 Å². The number of hydrogen-bond acceptors (Lipinski definition) is 4. The van der Waals surface area contributed by atoms with Crippen molar-refractivity contribution in [2.75, 3.05) is 14.1 Å². The molecular weight excluding hydrogens is 258 g/mol. The van der Waals surface area contributed by atoms with Crippen molar-refractivity contribution < 1.29 is 0 Å². The van der Waals surface area contributed by atoms with Crippen molar-refractivity contribution in [3.63, 3.8) is 0 Å². The smallest absolute Gasteiger partial charge is 0.262 e. The first-order valence-electron chi connectivity index (χ1n) is 6.59. The van der Waals surface area contributed by atoms with E-state index < -0.39 is 0 Å². The molecule has 0 fully saturated rings. The highest BCUT2D eigenvalue weighted by atomic mass is 32.1. The van der Waals surface area contributed by atoms with Gasteiger partial charge in [0, 0.05) is 11.4 Å². The molecule has 0 saturated heterocycles. The number of aryl methyl sites for hydroxylation is 2. The Morgan fingerprint density at radius 3 is 2.58 bits per heavy atom. The second kappa shape index (κ2) is 5.43. The fourth-order valence-corrected chi connectivity index (χ4v) is 3.27. The minimum absolute atomic E-state index is 0.116. The van der Waals surface area contributed by atoms with Gasteiger partial charge in [-0.25, -0.2) is 4.98 Å². The fraction of sp³-hybridized carbons (Fsp3) is 0.571. The number of fused-ring (bicyclic) bond motifs is 1. The number of hydrogen-bond donors (Lipinski definition) is 0. The first-order chi connectivity index (χ1) is 8.95. The van der Waals surface area contributed by atoms with Gasteiger partial charge in [-0.15, -0.1) is 11.3 Å². The van der Waals surface area contributed by atoms with Crippen molar-refractivity contribution in [3.8, 4) is 0 Å². The Hall–Kier alpha value is -1.20. The Morgan fingerprint density at radius 1 is 1.32 bits per heavy atom. The minimum Gasteiger partial charge on any atom is -0.302 e. The molecule has 0 aliphatic heterocycles. The molecule has 0 aromatic carbocycles. The zero-order valence-electron chi connectivity index (χ0n) is 12.3. The molecule has 2 aromatic heterocycles. The summed E-state index contributed by atoms with van der Waals surface area (Å²) in [7, 11) is 4.00. The molecule has 0 aliphatic rings. The summed E-state index contributed by atoms with van der Waals surface area (Å²) in [6.45, 7) is 7.58. The molecule has 0 spiro atoms. The van der Waals surface area contributed by atoms with E-state index in [0.717, 1.165) is 34.6 Å². The fourth-order valence-electron chi connectivity index (χ4n) is 2.23. The quantitative estimate of drug-likeness (QED) is 0.863. The first kappa shape index (κ1) is 14.2. The van der Waals surface area contributed by atoms with Gasteiger partial charge in [0.15, 0.2) is 0 Å². The van der Waals surface area contributed by atoms with E-state index in [1.165, 1.54) is 4.88 Å². The molecule has 4 nitrogen and oxygen atoms in total. The van der Waals surface area contributed by atoms with Crippen LogP contribution in [0.4, 0.5) is 0 Å². The highest BCUT2D eigenvalue weighted by molar-refractivity contribution is 7.18. The lowest BCUT2D eigenvalue weighted by Crippen LogP contribution is -2.28. The van der Waals surface area contributed by atoms with Crippen molar-refractivity contribution in [3.05, 3.63) is 26.6 Å². The average molecular weight is 279 g/mol. The predicted octanol–water partition coefficient (Wildman–Crippen LogP) is 2.55. The molecule has 0 aliphatic carbocycles. The number of aromatic nitrogens is 2. The first-order valence-corrected chi connectivity index (χ1v) is 7.41. The van der Waals surface area contributed by atoms with Crippen LogP contribution in [-0.4, -0.2) is 28.5 Å². The molecule has 0 atom stereocenters. The van der Waals surface area contributed by atoms with E-state index in [0.29, 0.717) is 6.54 Å². The lowest BCUT2D eigenvalue weighted by molar-refractivity contribution is 0.376. The maximum atomic E-state index is 12.7. The second-order valence-corrected chi connectivity index (χ2v) is 6.39. The largest absolute Gasteiger partial charge is 0.302 e. The topological polar surface area (TPSA) is 38.1 Å². The van der Waals surface area contributed by atoms with Crippen LogP contribution in [0.5, 0.6) is 0 Å². The Labute approximate surface area is 117 Å². The van der Waals surface area contributed by atoms with Gasteiger partial charge in [0.2, 0.25) is 0 Å². The van der Waals surface area contributed by atoms with E-state index in [1.54, 1.807) is 11.3 Å². The molecule has 0 unspecified atom stereocenters. The van der Waals surface area contributed by atoms with Crippen LogP contribution in [-0.2, 0) is 13.1 Å². The molecule has 19 heavy (non-hydrogen) atoms. The number of thiophene rings is 1. The van der Waals surface area contributed by atoms with Crippen molar-refractivity contribution in [2.24, 2.45) is 0 Å². The van der Waals surface area contributed by atoms with Gasteiger partial charge >= 0.3 is 0 Å². The van der Waals surface area contributed by atoms with Gasteiger partial charge in [0.1, 0.15) is 10.7 Å². The molecule has 0 saturated carbocycles. The molecule has 104 valence electrons. The zero-order valence-corrected chi connectivity index (χ0v) is 13.1. The summed E-state index contributed by atoms with van der Waals surface area (Å²) >= 11 is 1.62. The molecule has 0 amide bonds. The molecule has 2 aromatic rings. The van der Waals surface area contributed by atoms with Crippen LogP contribution in [0.2, 0.25) is 0 Å². The van der Waals surface area contributed by atoms with Crippen LogP contribution in [0.1, 0.15) is 29.6 Å². The number of rotatable bonds is 4. The normalized spacial score (nSPS) is 11.7. The zero-order chi connectivity index (χ0) is 14.2. The molecule has 2 heterocycles. The number of nitrogens with zero attached hydrogens (tertiary/aromatic N) is 3. The van der Waals surface area contributed by atoms with Crippen LogP contribution in [0.25, 0.3) is 10.2 Å². The third-order valence-corrected chi connectivity index (χ3v) is 4.37. The Morgan fingerprint density at radius 2 is 2.00 bits per heavy atom. The summed E-state index contributed by atoms with van der Waals surface area (Å²) in [4.78, 5) is 21.5. The third kappa shape index (κ3) is 2.58. The standard InChI is InChI=1S/C14H21N3OS/c1-6-7-17-11(8-16(4)5)15-13-12(14(17)18)9(2)10(3)19-13/h6-8H2,1-5H3. The maximum Gasteiger partial charge on any atom is 0.262 e. The van der Waals surface area contributed by atoms with Gasteiger partial charge in [-0.1, -0.05) is 6.92 Å². The monoisotopic (exact) mass is 279 g/mol. The van der Waals surface area contributed by atoms with Crippen LogP contribution >= 0.6 is 11.3 Å². The van der Waals surface area contributed by atoms with E-state index in [-0.39, 0.29) is 5.56 Å². The summed E-state index contributed by atoms with van der Waals surface area (Å²) in [5.74, 6) is 0.866. The lowest BCUT2D eigenvalue weighted by atomic mass is 10.2. The Kier molecular flexibility index (Phi) is 4.06. The van der Waals surface area contributed by atoms with Gasteiger partial charge in [-0.3, -0.25) is 9.36 Å². The van der Waals surface area contributed by atoms with E-state index in [2.05, 4.69) is 13.8 Å². The molecule has 2 rings (SSSR count). The SMILES string of the molecule is CCCn1c(CN(C)C)nc2sc(C)c(C)c2c1=O. The van der Waals surface area contributed by atoms with E-state index >= 15 is 0 Å². The Bertz CT molecular complexity index is 655. The van der Waals surface area contributed by atoms with Crippen LogP contribution in [0.3, 0.4) is 0 Å². The average Bonchev–Trinajstić information content (AvgIpc) is 2.59. The van der Waals surface area contributed by atoms with Gasteiger partial charge in [0.05, 0.1) is 11.9 Å². The van der Waals surface area contributed by atoms with Crippen molar-refractivity contribution in [1.82, 2.24) is 14.5 Å². The molecule has 0 radical (unpaired) electrons. The Balaban J connectivity index is 2.74. The molecular formula is C14H21N3OS. The highest BCUT2D eigenvalue weighted by Crippen LogP contribution is 2.26. The van der Waals surface area contributed by atoms with Crippen LogP contribution in [0.15, 0.2) is 4.79 Å². The molecule has 0 bridgehead atoms. The summed E-state index contributed by atoms with van der Waals surface area (Å²) in [6.07, 6.45) is 0.940.